The first kappa shape index (κ1) is 21.8. The number of carbonyl (C=O) groups is 1. The van der Waals surface area contributed by atoms with Crippen LogP contribution in [0.25, 0.3) is 5.69 Å². The van der Waals surface area contributed by atoms with Crippen molar-refractivity contribution in [1.82, 2.24) is 14.8 Å². The van der Waals surface area contributed by atoms with E-state index in [1.54, 1.807) is 24.3 Å². The van der Waals surface area contributed by atoms with Crippen LogP contribution in [-0.2, 0) is 11.3 Å². The lowest BCUT2D eigenvalue weighted by atomic mass is 10.0. The van der Waals surface area contributed by atoms with Crippen LogP contribution in [-0.4, -0.2) is 41.1 Å². The maximum absolute atomic E-state index is 12.2. The SMILES string of the molecule is O=C(COc1cccc(Cl)c1)NC1CCN(Cc2ccn(-c3ccccc3Cl)c2)CC1. The molecule has 1 fully saturated rings. The summed E-state index contributed by atoms with van der Waals surface area (Å²) in [6.45, 7) is 2.76. The summed E-state index contributed by atoms with van der Waals surface area (Å²) in [6.07, 6.45) is 6.02. The highest BCUT2D eigenvalue weighted by atomic mass is 35.5. The molecule has 0 unspecified atom stereocenters. The molecule has 0 radical (unpaired) electrons. The largest absolute Gasteiger partial charge is 0.484 e. The summed E-state index contributed by atoms with van der Waals surface area (Å²) in [6, 6.07) is 17.2. The van der Waals surface area contributed by atoms with E-state index in [1.807, 2.05) is 30.5 Å². The fourth-order valence-corrected chi connectivity index (χ4v) is 4.23. The van der Waals surface area contributed by atoms with E-state index in [-0.39, 0.29) is 18.6 Å². The van der Waals surface area contributed by atoms with E-state index in [0.29, 0.717) is 10.8 Å². The van der Waals surface area contributed by atoms with E-state index in [1.165, 1.54) is 5.56 Å². The Labute approximate surface area is 192 Å². The monoisotopic (exact) mass is 457 g/mol. The van der Waals surface area contributed by atoms with Crippen molar-refractivity contribution < 1.29 is 9.53 Å². The molecule has 2 heterocycles. The fourth-order valence-electron chi connectivity index (χ4n) is 3.81. The molecule has 2 aromatic carbocycles. The second kappa shape index (κ2) is 10.2. The maximum atomic E-state index is 12.2. The van der Waals surface area contributed by atoms with Gasteiger partial charge in [0.15, 0.2) is 6.61 Å². The van der Waals surface area contributed by atoms with Crippen LogP contribution in [0.5, 0.6) is 5.75 Å². The summed E-state index contributed by atoms with van der Waals surface area (Å²) in [5.41, 5.74) is 2.23. The summed E-state index contributed by atoms with van der Waals surface area (Å²) >= 11 is 12.2. The zero-order valence-corrected chi connectivity index (χ0v) is 18.6. The van der Waals surface area contributed by atoms with Crippen LogP contribution in [0.15, 0.2) is 67.0 Å². The van der Waals surface area contributed by atoms with E-state index in [4.69, 9.17) is 27.9 Å². The molecule has 7 heteroatoms. The van der Waals surface area contributed by atoms with Crippen LogP contribution in [0.4, 0.5) is 0 Å². The van der Waals surface area contributed by atoms with Gasteiger partial charge in [-0.05, 0) is 54.8 Å². The Balaban J connectivity index is 1.21. The van der Waals surface area contributed by atoms with Crippen molar-refractivity contribution >= 4 is 29.1 Å². The summed E-state index contributed by atoms with van der Waals surface area (Å²) in [5.74, 6) is 0.497. The van der Waals surface area contributed by atoms with Crippen LogP contribution in [0, 0.1) is 0 Å². The zero-order chi connectivity index (χ0) is 21.6. The predicted molar refractivity (Wildman–Crippen MR) is 124 cm³/mol. The first-order chi connectivity index (χ1) is 15.1. The van der Waals surface area contributed by atoms with Crippen molar-refractivity contribution in [1.29, 1.82) is 0 Å². The van der Waals surface area contributed by atoms with Crippen molar-refractivity contribution in [3.05, 3.63) is 82.6 Å². The number of hydrogen-bond acceptors (Lipinski definition) is 3. The lowest BCUT2D eigenvalue weighted by Gasteiger charge is -2.32. The number of aromatic nitrogens is 1. The number of nitrogens with one attached hydrogen (secondary N) is 1. The van der Waals surface area contributed by atoms with Crippen LogP contribution in [0.2, 0.25) is 10.0 Å². The number of ether oxygens (including phenoxy) is 1. The molecule has 3 aromatic rings. The lowest BCUT2D eigenvalue weighted by Crippen LogP contribution is -2.45. The Hall–Kier alpha value is -2.47. The molecule has 5 nitrogen and oxygen atoms in total. The molecule has 1 amide bonds. The van der Waals surface area contributed by atoms with E-state index < -0.39 is 0 Å². The van der Waals surface area contributed by atoms with Gasteiger partial charge in [-0.25, -0.2) is 0 Å². The molecule has 0 atom stereocenters. The van der Waals surface area contributed by atoms with E-state index in [0.717, 1.165) is 43.2 Å². The fraction of sp³-hybridized carbons (Fsp3) is 0.292. The molecule has 4 rings (SSSR count). The van der Waals surface area contributed by atoms with Crippen molar-refractivity contribution in [2.24, 2.45) is 0 Å². The molecule has 1 N–H and O–H groups in total. The van der Waals surface area contributed by atoms with E-state index in [9.17, 15) is 4.79 Å². The second-order valence-electron chi connectivity index (χ2n) is 7.74. The Morgan fingerprint density at radius 3 is 2.65 bits per heavy atom. The van der Waals surface area contributed by atoms with Gasteiger partial charge in [-0.3, -0.25) is 9.69 Å². The molecule has 0 saturated carbocycles. The van der Waals surface area contributed by atoms with Gasteiger partial charge < -0.3 is 14.6 Å². The quantitative estimate of drug-likeness (QED) is 0.546. The molecule has 0 spiro atoms. The first-order valence-electron chi connectivity index (χ1n) is 10.4. The van der Waals surface area contributed by atoms with Gasteiger partial charge in [-0.2, -0.15) is 0 Å². The van der Waals surface area contributed by atoms with Gasteiger partial charge in [0.05, 0.1) is 10.7 Å². The summed E-state index contributed by atoms with van der Waals surface area (Å²) in [7, 11) is 0. The van der Waals surface area contributed by atoms with Crippen molar-refractivity contribution in [3.63, 3.8) is 0 Å². The average Bonchev–Trinajstić information content (AvgIpc) is 3.22. The molecule has 162 valence electrons. The minimum Gasteiger partial charge on any atom is -0.484 e. The van der Waals surface area contributed by atoms with Gasteiger partial charge in [-0.1, -0.05) is 41.4 Å². The molecular formula is C24H25Cl2N3O2. The summed E-state index contributed by atoms with van der Waals surface area (Å²) in [5, 5.41) is 4.40. The number of amides is 1. The number of likely N-dealkylation sites (tertiary alicyclic amines) is 1. The van der Waals surface area contributed by atoms with Crippen LogP contribution >= 0.6 is 23.2 Å². The average molecular weight is 458 g/mol. The van der Waals surface area contributed by atoms with Crippen molar-refractivity contribution in [2.45, 2.75) is 25.4 Å². The van der Waals surface area contributed by atoms with Crippen molar-refractivity contribution in [3.8, 4) is 11.4 Å². The lowest BCUT2D eigenvalue weighted by molar-refractivity contribution is -0.124. The number of halogens is 2. The number of benzene rings is 2. The Morgan fingerprint density at radius 2 is 1.87 bits per heavy atom. The standard InChI is InChI=1S/C24H25Cl2N3O2/c25-19-4-3-5-21(14-19)31-17-24(30)27-20-9-11-28(12-10-20)15-18-8-13-29(16-18)23-7-2-1-6-22(23)26/h1-8,13-14,16,20H,9-12,15,17H2,(H,27,30). The molecule has 1 aliphatic rings. The number of para-hydroxylation sites is 1. The highest BCUT2D eigenvalue weighted by Crippen LogP contribution is 2.22. The Kier molecular flexibility index (Phi) is 7.17. The highest BCUT2D eigenvalue weighted by molar-refractivity contribution is 6.32. The molecular weight excluding hydrogens is 433 g/mol. The van der Waals surface area contributed by atoms with E-state index in [2.05, 4.69) is 27.0 Å². The third-order valence-corrected chi connectivity index (χ3v) is 5.96. The Morgan fingerprint density at radius 1 is 1.06 bits per heavy atom. The molecule has 0 bridgehead atoms. The number of hydrogen-bond donors (Lipinski definition) is 1. The maximum Gasteiger partial charge on any atom is 0.258 e. The Bertz CT molecular complexity index is 1030. The first-order valence-corrected chi connectivity index (χ1v) is 11.1. The molecule has 1 aliphatic heterocycles. The zero-order valence-electron chi connectivity index (χ0n) is 17.1. The smallest absolute Gasteiger partial charge is 0.258 e. The normalized spacial score (nSPS) is 15.0. The molecule has 0 aliphatic carbocycles. The van der Waals surface area contributed by atoms with Crippen molar-refractivity contribution in [2.75, 3.05) is 19.7 Å². The summed E-state index contributed by atoms with van der Waals surface area (Å²) in [4.78, 5) is 14.6. The third kappa shape index (κ3) is 6.03. The van der Waals surface area contributed by atoms with Crippen LogP contribution in [0.1, 0.15) is 18.4 Å². The van der Waals surface area contributed by atoms with Gasteiger partial charge in [0.1, 0.15) is 5.75 Å². The summed E-state index contributed by atoms with van der Waals surface area (Å²) < 4.78 is 7.58. The number of piperidine rings is 1. The van der Waals surface area contributed by atoms with Gasteiger partial charge in [0, 0.05) is 43.1 Å². The molecule has 1 saturated heterocycles. The van der Waals surface area contributed by atoms with Gasteiger partial charge in [-0.15, -0.1) is 0 Å². The van der Waals surface area contributed by atoms with Gasteiger partial charge >= 0.3 is 0 Å². The van der Waals surface area contributed by atoms with E-state index >= 15 is 0 Å². The topological polar surface area (TPSA) is 46.5 Å². The van der Waals surface area contributed by atoms with Crippen LogP contribution < -0.4 is 10.1 Å². The van der Waals surface area contributed by atoms with Gasteiger partial charge in [0.2, 0.25) is 0 Å². The second-order valence-corrected chi connectivity index (χ2v) is 8.59. The highest BCUT2D eigenvalue weighted by Gasteiger charge is 2.21. The number of nitrogens with zero attached hydrogens (tertiary/aromatic N) is 2. The molecule has 31 heavy (non-hydrogen) atoms. The minimum atomic E-state index is -0.102. The van der Waals surface area contributed by atoms with Gasteiger partial charge in [0.25, 0.3) is 5.91 Å². The predicted octanol–water partition coefficient (Wildman–Crippen LogP) is 4.94. The molecule has 1 aromatic heterocycles. The third-order valence-electron chi connectivity index (χ3n) is 5.41. The number of carbonyl (C=O) groups excluding carboxylic acids is 1. The number of rotatable bonds is 7. The van der Waals surface area contributed by atoms with Crippen LogP contribution in [0.3, 0.4) is 0 Å². The minimum absolute atomic E-state index is 0.00385.